The maximum Gasteiger partial charge on any atom is 0.240 e. The van der Waals surface area contributed by atoms with E-state index in [9.17, 15) is 8.42 Å². The van der Waals surface area contributed by atoms with Crippen molar-refractivity contribution in [3.63, 3.8) is 0 Å². The molecule has 0 spiro atoms. The maximum atomic E-state index is 12.3. The third kappa shape index (κ3) is 4.09. The highest BCUT2D eigenvalue weighted by Gasteiger charge is 2.26. The molecule has 0 saturated carbocycles. The summed E-state index contributed by atoms with van der Waals surface area (Å²) < 4.78 is 27.4. The van der Waals surface area contributed by atoms with Crippen LogP contribution >= 0.6 is 24.0 Å². The Morgan fingerprint density at radius 1 is 1.40 bits per heavy atom. The van der Waals surface area contributed by atoms with Crippen molar-refractivity contribution in [2.45, 2.75) is 31.2 Å². The van der Waals surface area contributed by atoms with E-state index in [-0.39, 0.29) is 23.3 Å². The molecule has 0 aromatic heterocycles. The molecule has 1 aliphatic rings. The van der Waals surface area contributed by atoms with E-state index in [0.29, 0.717) is 17.5 Å². The highest BCUT2D eigenvalue weighted by Crippen LogP contribution is 2.21. The maximum absolute atomic E-state index is 12.3. The van der Waals surface area contributed by atoms with Crippen LogP contribution < -0.4 is 10.0 Å². The van der Waals surface area contributed by atoms with Crippen molar-refractivity contribution >= 4 is 34.0 Å². The summed E-state index contributed by atoms with van der Waals surface area (Å²) in [6.45, 7) is 5.52. The monoisotopic (exact) mass is 338 g/mol. The van der Waals surface area contributed by atoms with E-state index in [4.69, 9.17) is 11.6 Å². The van der Waals surface area contributed by atoms with E-state index in [1.807, 2.05) is 6.92 Å². The minimum absolute atomic E-state index is 0. The number of nitrogens with one attached hydrogen (secondary N) is 2. The summed E-state index contributed by atoms with van der Waals surface area (Å²) in [5.74, 6) is 0.331. The summed E-state index contributed by atoms with van der Waals surface area (Å²) in [7, 11) is -3.51. The van der Waals surface area contributed by atoms with Gasteiger partial charge in [0.15, 0.2) is 0 Å². The van der Waals surface area contributed by atoms with Crippen LogP contribution in [-0.4, -0.2) is 27.5 Å². The average Bonchev–Trinajstić information content (AvgIpc) is 2.35. The first-order chi connectivity index (χ1) is 8.90. The standard InChI is InChI=1S/C13H19ClN2O2S.ClH/c1-9-3-4-11(7-12(9)14)19(17,18)16-13-8-15-6-5-10(13)2;/h3-4,7,10,13,15-16H,5-6,8H2,1-2H3;1H. The Hall–Kier alpha value is -0.330. The fourth-order valence-electron chi connectivity index (χ4n) is 2.16. The molecule has 114 valence electrons. The predicted molar refractivity (Wildman–Crippen MR) is 84.2 cm³/mol. The van der Waals surface area contributed by atoms with Crippen LogP contribution in [0.2, 0.25) is 5.02 Å². The number of piperidine rings is 1. The minimum atomic E-state index is -3.51. The van der Waals surface area contributed by atoms with E-state index >= 15 is 0 Å². The first-order valence-electron chi connectivity index (χ1n) is 6.39. The molecule has 0 aliphatic carbocycles. The quantitative estimate of drug-likeness (QED) is 0.889. The van der Waals surface area contributed by atoms with E-state index in [0.717, 1.165) is 18.5 Å². The van der Waals surface area contributed by atoms with Gasteiger partial charge in [0, 0.05) is 17.6 Å². The van der Waals surface area contributed by atoms with Gasteiger partial charge in [-0.05, 0) is 43.5 Å². The van der Waals surface area contributed by atoms with E-state index in [1.165, 1.54) is 6.07 Å². The molecule has 0 bridgehead atoms. The minimum Gasteiger partial charge on any atom is -0.315 e. The molecular formula is C13H20Cl2N2O2S. The second-order valence-corrected chi connectivity index (χ2v) is 7.23. The van der Waals surface area contributed by atoms with Crippen molar-refractivity contribution in [1.82, 2.24) is 10.0 Å². The van der Waals surface area contributed by atoms with Gasteiger partial charge in [-0.2, -0.15) is 0 Å². The summed E-state index contributed by atoms with van der Waals surface area (Å²) in [6, 6.07) is 4.74. The summed E-state index contributed by atoms with van der Waals surface area (Å²) in [5, 5.41) is 3.68. The average molecular weight is 339 g/mol. The molecule has 2 atom stereocenters. The lowest BCUT2D eigenvalue weighted by Gasteiger charge is -2.30. The number of halogens is 2. The van der Waals surface area contributed by atoms with Crippen LogP contribution in [0.1, 0.15) is 18.9 Å². The first-order valence-corrected chi connectivity index (χ1v) is 8.25. The molecule has 0 radical (unpaired) electrons. The Kier molecular flexibility index (Phi) is 6.28. The third-order valence-corrected chi connectivity index (χ3v) is 5.48. The van der Waals surface area contributed by atoms with Gasteiger partial charge in [0.25, 0.3) is 0 Å². The van der Waals surface area contributed by atoms with Crippen molar-refractivity contribution in [3.8, 4) is 0 Å². The van der Waals surface area contributed by atoms with Gasteiger partial charge < -0.3 is 5.32 Å². The van der Waals surface area contributed by atoms with E-state index in [1.54, 1.807) is 12.1 Å². The zero-order valence-corrected chi connectivity index (χ0v) is 13.9. The lowest BCUT2D eigenvalue weighted by molar-refractivity contribution is 0.327. The summed E-state index contributed by atoms with van der Waals surface area (Å²) >= 11 is 5.99. The van der Waals surface area contributed by atoms with Crippen LogP contribution in [0.5, 0.6) is 0 Å². The third-order valence-electron chi connectivity index (χ3n) is 3.59. The van der Waals surface area contributed by atoms with Crippen LogP contribution in [0.4, 0.5) is 0 Å². The molecule has 1 aromatic carbocycles. The fraction of sp³-hybridized carbons (Fsp3) is 0.538. The molecular weight excluding hydrogens is 319 g/mol. The van der Waals surface area contributed by atoms with Crippen LogP contribution in [0.15, 0.2) is 23.1 Å². The smallest absolute Gasteiger partial charge is 0.240 e. The predicted octanol–water partition coefficient (Wildman–Crippen LogP) is 2.35. The number of benzene rings is 1. The largest absolute Gasteiger partial charge is 0.315 e. The Morgan fingerprint density at radius 2 is 2.10 bits per heavy atom. The highest BCUT2D eigenvalue weighted by molar-refractivity contribution is 7.89. The van der Waals surface area contributed by atoms with Crippen molar-refractivity contribution in [2.75, 3.05) is 13.1 Å². The van der Waals surface area contributed by atoms with Crippen molar-refractivity contribution < 1.29 is 8.42 Å². The normalized spacial score (nSPS) is 23.1. The molecule has 2 rings (SSSR count). The summed E-state index contributed by atoms with van der Waals surface area (Å²) in [5.41, 5.74) is 0.869. The number of sulfonamides is 1. The molecule has 20 heavy (non-hydrogen) atoms. The SMILES string of the molecule is Cc1ccc(S(=O)(=O)NC2CNCCC2C)cc1Cl.Cl. The summed E-state index contributed by atoms with van der Waals surface area (Å²) in [4.78, 5) is 0.223. The first kappa shape index (κ1) is 17.7. The van der Waals surface area contributed by atoms with Crippen molar-refractivity contribution in [3.05, 3.63) is 28.8 Å². The van der Waals surface area contributed by atoms with Crippen molar-refractivity contribution in [2.24, 2.45) is 5.92 Å². The van der Waals surface area contributed by atoms with Gasteiger partial charge in [-0.15, -0.1) is 12.4 Å². The highest BCUT2D eigenvalue weighted by atomic mass is 35.5. The van der Waals surface area contributed by atoms with Crippen LogP contribution in [0.3, 0.4) is 0 Å². The van der Waals surface area contributed by atoms with Crippen molar-refractivity contribution in [1.29, 1.82) is 0 Å². The van der Waals surface area contributed by atoms with E-state index < -0.39 is 10.0 Å². The number of hydrogen-bond donors (Lipinski definition) is 2. The van der Waals surface area contributed by atoms with Gasteiger partial charge in [-0.25, -0.2) is 13.1 Å². The van der Waals surface area contributed by atoms with Gasteiger partial charge in [0.1, 0.15) is 0 Å². The Labute approximate surface area is 131 Å². The number of rotatable bonds is 3. The van der Waals surface area contributed by atoms with Gasteiger partial charge in [0.2, 0.25) is 10.0 Å². The fourth-order valence-corrected chi connectivity index (χ4v) is 3.77. The molecule has 1 aromatic rings. The molecule has 1 heterocycles. The van der Waals surface area contributed by atoms with Crippen LogP contribution in [0.25, 0.3) is 0 Å². The van der Waals surface area contributed by atoms with Crippen LogP contribution in [0, 0.1) is 12.8 Å². The lowest BCUT2D eigenvalue weighted by atomic mass is 9.96. The Balaban J connectivity index is 0.00000200. The van der Waals surface area contributed by atoms with Crippen LogP contribution in [-0.2, 0) is 10.0 Å². The Morgan fingerprint density at radius 3 is 2.70 bits per heavy atom. The topological polar surface area (TPSA) is 58.2 Å². The Bertz CT molecular complexity index is 563. The molecule has 1 fully saturated rings. The molecule has 7 heteroatoms. The second-order valence-electron chi connectivity index (χ2n) is 5.11. The number of hydrogen-bond acceptors (Lipinski definition) is 3. The van der Waals surface area contributed by atoms with Gasteiger partial charge in [-0.1, -0.05) is 24.6 Å². The summed E-state index contributed by atoms with van der Waals surface area (Å²) in [6.07, 6.45) is 0.974. The van der Waals surface area contributed by atoms with E-state index in [2.05, 4.69) is 17.0 Å². The molecule has 1 aliphatic heterocycles. The zero-order chi connectivity index (χ0) is 14.0. The second kappa shape index (κ2) is 7.09. The van der Waals surface area contributed by atoms with Gasteiger partial charge >= 0.3 is 0 Å². The number of aryl methyl sites for hydroxylation is 1. The molecule has 2 N–H and O–H groups in total. The van der Waals surface area contributed by atoms with Gasteiger partial charge in [-0.3, -0.25) is 0 Å². The molecule has 0 amide bonds. The molecule has 2 unspecified atom stereocenters. The van der Waals surface area contributed by atoms with Gasteiger partial charge in [0.05, 0.1) is 4.90 Å². The zero-order valence-electron chi connectivity index (χ0n) is 11.5. The molecule has 4 nitrogen and oxygen atoms in total. The lowest BCUT2D eigenvalue weighted by Crippen LogP contribution is -2.50. The molecule has 1 saturated heterocycles.